The number of rotatable bonds is 12. The lowest BCUT2D eigenvalue weighted by molar-refractivity contribution is -0.138. The summed E-state index contributed by atoms with van der Waals surface area (Å²) in [4.78, 5) is 15.8. The number of nitrogens with one attached hydrogen (secondary N) is 1. The van der Waals surface area contributed by atoms with Gasteiger partial charge in [-0.25, -0.2) is 12.8 Å². The molecule has 12 heteroatoms. The first-order chi connectivity index (χ1) is 14.7. The van der Waals surface area contributed by atoms with E-state index in [1.807, 2.05) is 4.72 Å². The predicted molar refractivity (Wildman–Crippen MR) is 110 cm³/mol. The number of nitrogens with two attached hydrogens (primary N) is 2. The van der Waals surface area contributed by atoms with Crippen LogP contribution in [0.1, 0.15) is 12.0 Å². The third kappa shape index (κ3) is 7.75. The summed E-state index contributed by atoms with van der Waals surface area (Å²) in [6.07, 6.45) is 0.382. The van der Waals surface area contributed by atoms with Crippen molar-refractivity contribution in [3.63, 3.8) is 0 Å². The first-order valence-corrected chi connectivity index (χ1v) is 10.6. The van der Waals surface area contributed by atoms with Crippen LogP contribution in [0.3, 0.4) is 0 Å². The number of nitrogens with zero attached hydrogens (tertiary/aromatic N) is 1. The van der Waals surface area contributed by atoms with Gasteiger partial charge >= 0.3 is 5.97 Å². The summed E-state index contributed by atoms with van der Waals surface area (Å²) in [6.45, 7) is 0.595. The second kappa shape index (κ2) is 11.1. The van der Waals surface area contributed by atoms with Crippen LogP contribution in [0.2, 0.25) is 0 Å². The highest BCUT2D eigenvalue weighted by molar-refractivity contribution is 7.89. The van der Waals surface area contributed by atoms with Crippen LogP contribution < -0.4 is 20.9 Å². The van der Waals surface area contributed by atoms with E-state index >= 15 is 0 Å². The Bertz CT molecular complexity index is 1010. The molecule has 0 aliphatic rings. The number of carboxylic acid groups (broad SMARTS) is 1. The minimum absolute atomic E-state index is 0.143. The van der Waals surface area contributed by atoms with Crippen molar-refractivity contribution in [3.05, 3.63) is 59.9 Å². The fourth-order valence-electron chi connectivity index (χ4n) is 2.48. The number of benzene rings is 2. The quantitative estimate of drug-likeness (QED) is 0.158. The summed E-state index contributed by atoms with van der Waals surface area (Å²) < 4.78 is 46.1. The lowest BCUT2D eigenvalue weighted by Gasteiger charge is -2.15. The number of aliphatic carboxylic acids is 1. The lowest BCUT2D eigenvalue weighted by atomic mass is 10.1. The minimum atomic E-state index is -4.36. The van der Waals surface area contributed by atoms with Crippen LogP contribution in [0.4, 0.5) is 4.39 Å². The number of hydrogen-bond acceptors (Lipinski definition) is 6. The molecule has 2 aromatic carbocycles. The number of carbonyl (C=O) groups is 1. The molecule has 10 nitrogen and oxygen atoms in total. The SMILES string of the molecule is NC(N)=NOCCCOc1ccc(CC(NS(=O)(=O)c2ccccc2F)C(=O)O)cc1. The molecule has 1 unspecified atom stereocenters. The van der Waals surface area contributed by atoms with E-state index in [2.05, 4.69) is 5.16 Å². The van der Waals surface area contributed by atoms with E-state index < -0.39 is 32.7 Å². The van der Waals surface area contributed by atoms with Gasteiger partial charge in [0.1, 0.15) is 29.1 Å². The van der Waals surface area contributed by atoms with Crippen LogP contribution in [0.15, 0.2) is 58.6 Å². The Morgan fingerprint density at radius 2 is 1.81 bits per heavy atom. The van der Waals surface area contributed by atoms with Crippen LogP contribution in [-0.2, 0) is 26.1 Å². The molecule has 0 radical (unpaired) electrons. The van der Waals surface area contributed by atoms with Crippen molar-refractivity contribution in [1.29, 1.82) is 0 Å². The summed E-state index contributed by atoms with van der Waals surface area (Å²) in [7, 11) is -4.36. The molecule has 0 aromatic heterocycles. The Labute approximate surface area is 178 Å². The van der Waals surface area contributed by atoms with Gasteiger partial charge in [-0.15, -0.1) is 0 Å². The van der Waals surface area contributed by atoms with Gasteiger partial charge in [0.25, 0.3) is 0 Å². The molecule has 2 rings (SSSR count). The number of halogens is 1. The summed E-state index contributed by atoms with van der Waals surface area (Å²) in [6, 6.07) is 9.71. The van der Waals surface area contributed by atoms with Crippen LogP contribution >= 0.6 is 0 Å². The number of hydrogen-bond donors (Lipinski definition) is 4. The second-order valence-electron chi connectivity index (χ2n) is 6.34. The zero-order valence-corrected chi connectivity index (χ0v) is 17.2. The molecule has 0 aliphatic carbocycles. The van der Waals surface area contributed by atoms with E-state index in [1.165, 1.54) is 12.1 Å². The number of guanidine groups is 1. The van der Waals surface area contributed by atoms with Gasteiger partial charge in [-0.3, -0.25) is 4.79 Å². The molecule has 2 aromatic rings. The molecule has 6 N–H and O–H groups in total. The largest absolute Gasteiger partial charge is 0.493 e. The summed E-state index contributed by atoms with van der Waals surface area (Å²) in [5.74, 6) is -2.00. The third-order valence-electron chi connectivity index (χ3n) is 3.90. The van der Waals surface area contributed by atoms with Gasteiger partial charge in [0.2, 0.25) is 16.0 Å². The molecule has 168 valence electrons. The maximum Gasteiger partial charge on any atom is 0.322 e. The highest BCUT2D eigenvalue weighted by atomic mass is 32.2. The fourth-order valence-corrected chi connectivity index (χ4v) is 3.75. The number of sulfonamides is 1. The highest BCUT2D eigenvalue weighted by Gasteiger charge is 2.27. The fraction of sp³-hybridized carbons (Fsp3) is 0.263. The van der Waals surface area contributed by atoms with Gasteiger partial charge in [-0.05, 0) is 41.4 Å². The molecule has 0 heterocycles. The molecular formula is C19H23FN4O6S. The number of oxime groups is 1. The molecule has 0 amide bonds. The van der Waals surface area contributed by atoms with Crippen LogP contribution in [0, 0.1) is 5.82 Å². The van der Waals surface area contributed by atoms with E-state index in [4.69, 9.17) is 21.0 Å². The molecule has 0 saturated heterocycles. The van der Waals surface area contributed by atoms with Crippen molar-refractivity contribution in [2.24, 2.45) is 16.6 Å². The van der Waals surface area contributed by atoms with Gasteiger partial charge in [0.05, 0.1) is 6.61 Å². The average molecular weight is 454 g/mol. The first-order valence-electron chi connectivity index (χ1n) is 9.11. The average Bonchev–Trinajstić information content (AvgIpc) is 2.71. The van der Waals surface area contributed by atoms with Crippen molar-refractivity contribution >= 4 is 22.0 Å². The number of carboxylic acids is 1. The van der Waals surface area contributed by atoms with E-state index in [9.17, 15) is 22.7 Å². The third-order valence-corrected chi connectivity index (χ3v) is 5.41. The normalized spacial score (nSPS) is 12.0. The van der Waals surface area contributed by atoms with Crippen LogP contribution in [-0.4, -0.2) is 44.7 Å². The van der Waals surface area contributed by atoms with E-state index in [0.29, 0.717) is 24.3 Å². The highest BCUT2D eigenvalue weighted by Crippen LogP contribution is 2.17. The maximum atomic E-state index is 13.8. The van der Waals surface area contributed by atoms with Crippen LogP contribution in [0.5, 0.6) is 5.75 Å². The monoisotopic (exact) mass is 454 g/mol. The lowest BCUT2D eigenvalue weighted by Crippen LogP contribution is -2.42. The van der Waals surface area contributed by atoms with Gasteiger partial charge in [0.15, 0.2) is 0 Å². The minimum Gasteiger partial charge on any atom is -0.493 e. The summed E-state index contributed by atoms with van der Waals surface area (Å²) in [5.41, 5.74) is 10.8. The Morgan fingerprint density at radius 3 is 2.42 bits per heavy atom. The predicted octanol–water partition coefficient (Wildman–Crippen LogP) is 0.774. The summed E-state index contributed by atoms with van der Waals surface area (Å²) in [5, 5.41) is 12.8. The zero-order valence-electron chi connectivity index (χ0n) is 16.4. The standard InChI is InChI=1S/C19H23FN4O6S/c20-15-4-1-2-5-17(15)31(27,28)24-16(18(25)26)12-13-6-8-14(9-7-13)29-10-3-11-30-23-19(21)22/h1-2,4-9,16,24H,3,10-12H2,(H,25,26)(H4,21,22,23). The molecule has 1 atom stereocenters. The molecule has 0 spiro atoms. The van der Waals surface area contributed by atoms with Crippen molar-refractivity contribution in [3.8, 4) is 5.75 Å². The number of ether oxygens (including phenoxy) is 1. The molecular weight excluding hydrogens is 431 g/mol. The zero-order chi connectivity index (χ0) is 22.9. The van der Waals surface area contributed by atoms with Crippen molar-refractivity contribution in [2.45, 2.75) is 23.8 Å². The van der Waals surface area contributed by atoms with Crippen LogP contribution in [0.25, 0.3) is 0 Å². The topological polar surface area (TPSA) is 166 Å². The van der Waals surface area contributed by atoms with E-state index in [1.54, 1.807) is 24.3 Å². The Hall–Kier alpha value is -3.38. The van der Waals surface area contributed by atoms with Crippen molar-refractivity contribution < 1.29 is 32.3 Å². The molecule has 0 aliphatic heterocycles. The van der Waals surface area contributed by atoms with E-state index in [-0.39, 0.29) is 19.0 Å². The van der Waals surface area contributed by atoms with Gasteiger partial charge in [0, 0.05) is 6.42 Å². The smallest absolute Gasteiger partial charge is 0.322 e. The summed E-state index contributed by atoms with van der Waals surface area (Å²) >= 11 is 0. The molecule has 0 saturated carbocycles. The van der Waals surface area contributed by atoms with E-state index in [0.717, 1.165) is 12.1 Å². The van der Waals surface area contributed by atoms with Gasteiger partial charge in [-0.1, -0.05) is 24.3 Å². The van der Waals surface area contributed by atoms with Crippen molar-refractivity contribution in [1.82, 2.24) is 4.72 Å². The maximum absolute atomic E-state index is 13.8. The first kappa shape index (κ1) is 23.9. The van der Waals surface area contributed by atoms with Gasteiger partial charge in [-0.2, -0.15) is 4.72 Å². The van der Waals surface area contributed by atoms with Gasteiger partial charge < -0.3 is 26.1 Å². The van der Waals surface area contributed by atoms with Crippen molar-refractivity contribution in [2.75, 3.05) is 13.2 Å². The molecule has 31 heavy (non-hydrogen) atoms. The molecule has 0 fully saturated rings. The second-order valence-corrected chi connectivity index (χ2v) is 8.02. The molecule has 0 bridgehead atoms. The Kier molecular flexibility index (Phi) is 8.58. The Morgan fingerprint density at radius 1 is 1.13 bits per heavy atom. The Balaban J connectivity index is 1.94.